The van der Waals surface area contributed by atoms with Crippen LogP contribution in [0.5, 0.6) is 0 Å². The van der Waals surface area contributed by atoms with Gasteiger partial charge < -0.3 is 5.32 Å². The van der Waals surface area contributed by atoms with E-state index in [9.17, 15) is 0 Å². The zero-order chi connectivity index (χ0) is 10.9. The molecule has 0 spiro atoms. The molecule has 0 aliphatic carbocycles. The Bertz CT molecular complexity index is 123. The van der Waals surface area contributed by atoms with E-state index >= 15 is 0 Å². The van der Waals surface area contributed by atoms with Crippen LogP contribution in [0, 0.1) is 0 Å². The van der Waals surface area contributed by atoms with Crippen molar-refractivity contribution in [3.05, 3.63) is 0 Å². The molecule has 0 rings (SSSR count). The minimum absolute atomic E-state index is 0.141. The van der Waals surface area contributed by atoms with Gasteiger partial charge in [-0.15, -0.1) is 0 Å². The van der Waals surface area contributed by atoms with E-state index in [1.165, 1.54) is 32.1 Å². The van der Waals surface area contributed by atoms with E-state index in [1.54, 1.807) is 0 Å². The molecule has 0 saturated heterocycles. The monoisotopic (exact) mass is 160 g/mol. The molecule has 0 aromatic rings. The molecule has 0 aliphatic rings. The molecule has 0 amide bonds. The predicted octanol–water partition coefficient (Wildman–Crippen LogP) is 2.96. The summed E-state index contributed by atoms with van der Waals surface area (Å²) in [6.07, 6.45) is 7.51. The number of unbranched alkanes of at least 4 members (excludes halogenated alkanes) is 5. The van der Waals surface area contributed by atoms with Crippen molar-refractivity contribution in [2.24, 2.45) is 0 Å². The second-order valence-electron chi connectivity index (χ2n) is 2.94. The van der Waals surface area contributed by atoms with Gasteiger partial charge in [0.1, 0.15) is 0 Å². The van der Waals surface area contributed by atoms with Crippen molar-refractivity contribution >= 4 is 0 Å². The van der Waals surface area contributed by atoms with Crippen molar-refractivity contribution in [1.82, 2.24) is 5.32 Å². The molecule has 1 N–H and O–H groups in total. The lowest BCUT2D eigenvalue weighted by Gasteiger charge is -2.00. The standard InChI is InChI=1S/C10H23N/c1-3-5-6-7-8-9-10-11-4-2/h11H,3-10H2,1-2H3/i2D3. The van der Waals surface area contributed by atoms with Gasteiger partial charge in [0.2, 0.25) is 0 Å². The molecule has 0 bridgehead atoms. The molecule has 0 saturated carbocycles. The first kappa shape index (κ1) is 6.47. The van der Waals surface area contributed by atoms with Gasteiger partial charge in [-0.1, -0.05) is 45.9 Å². The Morgan fingerprint density at radius 2 is 1.82 bits per heavy atom. The quantitative estimate of drug-likeness (QED) is 0.538. The maximum Gasteiger partial charge on any atom is 0.0243 e. The fourth-order valence-corrected chi connectivity index (χ4v) is 1.12. The number of hydrogen-bond acceptors (Lipinski definition) is 1. The Kier molecular flexibility index (Phi) is 5.86. The van der Waals surface area contributed by atoms with Crippen molar-refractivity contribution in [3.8, 4) is 0 Å². The Labute approximate surface area is 75.8 Å². The molecule has 11 heavy (non-hydrogen) atoms. The molecule has 0 aromatic carbocycles. The van der Waals surface area contributed by atoms with E-state index in [0.29, 0.717) is 0 Å². The van der Waals surface area contributed by atoms with Gasteiger partial charge in [-0.2, -0.15) is 0 Å². The van der Waals surface area contributed by atoms with Crippen molar-refractivity contribution in [3.63, 3.8) is 0 Å². The van der Waals surface area contributed by atoms with Gasteiger partial charge in [0.05, 0.1) is 0 Å². The first-order chi connectivity index (χ1) is 6.56. The van der Waals surface area contributed by atoms with Crippen LogP contribution < -0.4 is 5.32 Å². The van der Waals surface area contributed by atoms with Crippen molar-refractivity contribution in [2.75, 3.05) is 13.1 Å². The van der Waals surface area contributed by atoms with Gasteiger partial charge in [0, 0.05) is 4.11 Å². The Balaban J connectivity index is 2.99. The summed E-state index contributed by atoms with van der Waals surface area (Å²) in [5.41, 5.74) is 0. The second kappa shape index (κ2) is 9.96. The molecule has 0 heterocycles. The second-order valence-corrected chi connectivity index (χ2v) is 2.94. The lowest BCUT2D eigenvalue weighted by Crippen LogP contribution is -2.13. The van der Waals surface area contributed by atoms with Crippen LogP contribution in [0.2, 0.25) is 0 Å². The van der Waals surface area contributed by atoms with E-state index in [2.05, 4.69) is 12.2 Å². The average molecular weight is 160 g/mol. The zero-order valence-corrected chi connectivity index (χ0v) is 7.66. The highest BCUT2D eigenvalue weighted by molar-refractivity contribution is 4.46. The molecule has 0 fully saturated rings. The first-order valence-electron chi connectivity index (χ1n) is 6.27. The minimum Gasteiger partial charge on any atom is -0.317 e. The highest BCUT2D eigenvalue weighted by atomic mass is 14.8. The summed E-state index contributed by atoms with van der Waals surface area (Å²) in [7, 11) is 0. The molecule has 1 nitrogen and oxygen atoms in total. The maximum atomic E-state index is 6.97. The summed E-state index contributed by atoms with van der Waals surface area (Å²) >= 11 is 0. The summed E-state index contributed by atoms with van der Waals surface area (Å²) in [6.45, 7) is 1.37. The normalized spacial score (nSPS) is 15.5. The lowest BCUT2D eigenvalue weighted by molar-refractivity contribution is 0.580. The highest BCUT2D eigenvalue weighted by Gasteiger charge is 1.88. The predicted molar refractivity (Wildman–Crippen MR) is 51.9 cm³/mol. The van der Waals surface area contributed by atoms with Gasteiger partial charge in [-0.25, -0.2) is 0 Å². The van der Waals surface area contributed by atoms with Crippen LogP contribution in [0.15, 0.2) is 0 Å². The van der Waals surface area contributed by atoms with Gasteiger partial charge in [-0.05, 0) is 19.5 Å². The van der Waals surface area contributed by atoms with Crippen molar-refractivity contribution in [2.45, 2.75) is 52.3 Å². The van der Waals surface area contributed by atoms with Crippen LogP contribution >= 0.6 is 0 Å². The molecule has 0 radical (unpaired) electrons. The van der Waals surface area contributed by atoms with Crippen molar-refractivity contribution < 1.29 is 4.11 Å². The smallest absolute Gasteiger partial charge is 0.0243 e. The molecule has 0 atom stereocenters. The summed E-state index contributed by atoms with van der Waals surface area (Å²) in [5, 5.41) is 2.95. The first-order valence-corrected chi connectivity index (χ1v) is 4.77. The van der Waals surface area contributed by atoms with Gasteiger partial charge in [-0.3, -0.25) is 0 Å². The molecule has 0 aromatic heterocycles. The third-order valence-electron chi connectivity index (χ3n) is 1.83. The molecule has 68 valence electrons. The minimum atomic E-state index is -1.82. The number of nitrogens with one attached hydrogen (secondary N) is 1. The van der Waals surface area contributed by atoms with E-state index < -0.39 is 6.85 Å². The van der Waals surface area contributed by atoms with Gasteiger partial charge >= 0.3 is 0 Å². The SMILES string of the molecule is [2H]C([2H])([2H])CNCCCCCCCC. The summed E-state index contributed by atoms with van der Waals surface area (Å²) < 4.78 is 20.9. The van der Waals surface area contributed by atoms with Gasteiger partial charge in [0.15, 0.2) is 0 Å². The zero-order valence-electron chi connectivity index (χ0n) is 10.7. The maximum absolute atomic E-state index is 6.97. The van der Waals surface area contributed by atoms with Crippen LogP contribution in [0.25, 0.3) is 0 Å². The van der Waals surface area contributed by atoms with Crippen LogP contribution in [0.4, 0.5) is 0 Å². The number of rotatable bonds is 8. The molecular formula is C10H23N. The fraction of sp³-hybridized carbons (Fsp3) is 1.00. The fourth-order valence-electron chi connectivity index (χ4n) is 1.12. The van der Waals surface area contributed by atoms with E-state index in [0.717, 1.165) is 13.0 Å². The van der Waals surface area contributed by atoms with E-state index in [4.69, 9.17) is 4.11 Å². The third-order valence-corrected chi connectivity index (χ3v) is 1.83. The van der Waals surface area contributed by atoms with Crippen LogP contribution in [0.1, 0.15) is 56.4 Å². The van der Waals surface area contributed by atoms with E-state index in [1.807, 2.05) is 0 Å². The van der Waals surface area contributed by atoms with Crippen LogP contribution in [-0.4, -0.2) is 13.1 Å². The third kappa shape index (κ3) is 9.96. The Hall–Kier alpha value is -0.0400. The van der Waals surface area contributed by atoms with Crippen molar-refractivity contribution in [1.29, 1.82) is 0 Å². The largest absolute Gasteiger partial charge is 0.317 e. The highest BCUT2D eigenvalue weighted by Crippen LogP contribution is 2.03. The Morgan fingerprint density at radius 1 is 1.09 bits per heavy atom. The number of hydrogen-bond donors (Lipinski definition) is 1. The lowest BCUT2D eigenvalue weighted by atomic mass is 10.1. The van der Waals surface area contributed by atoms with E-state index in [-0.39, 0.29) is 6.54 Å². The molecule has 1 heteroatoms. The average Bonchev–Trinajstić information content (AvgIpc) is 2.08. The molecule has 0 unspecified atom stereocenters. The van der Waals surface area contributed by atoms with Gasteiger partial charge in [0.25, 0.3) is 0 Å². The summed E-state index contributed by atoms with van der Waals surface area (Å²) in [4.78, 5) is 0. The Morgan fingerprint density at radius 3 is 2.55 bits per heavy atom. The van der Waals surface area contributed by atoms with Crippen LogP contribution in [-0.2, 0) is 0 Å². The molecular weight excluding hydrogens is 134 g/mol. The summed E-state index contributed by atoms with van der Waals surface area (Å²) in [6, 6.07) is 0. The molecule has 0 aliphatic heterocycles. The van der Waals surface area contributed by atoms with Crippen LogP contribution in [0.3, 0.4) is 0 Å². The topological polar surface area (TPSA) is 12.0 Å². The summed E-state index contributed by atoms with van der Waals surface area (Å²) in [5.74, 6) is 0.